The van der Waals surface area contributed by atoms with Crippen molar-refractivity contribution >= 4 is 33.1 Å². The maximum Gasteiger partial charge on any atom is 0.416 e. The molecule has 6 nitrogen and oxygen atoms in total. The molecule has 2 aromatic heterocycles. The van der Waals surface area contributed by atoms with E-state index in [-0.39, 0.29) is 39.8 Å². The van der Waals surface area contributed by atoms with Crippen LogP contribution in [0.5, 0.6) is 6.01 Å². The van der Waals surface area contributed by atoms with Gasteiger partial charge < -0.3 is 16.2 Å². The number of nitrogens with zero attached hydrogens (tertiary/aromatic N) is 2. The Morgan fingerprint density at radius 2 is 2.03 bits per heavy atom. The van der Waals surface area contributed by atoms with Crippen LogP contribution in [0.3, 0.4) is 0 Å². The average Bonchev–Trinajstić information content (AvgIpc) is 2.97. The zero-order valence-electron chi connectivity index (χ0n) is 15.3. The first-order valence-electron chi connectivity index (χ1n) is 8.42. The number of nitrogens with two attached hydrogens (primary N) is 2. The van der Waals surface area contributed by atoms with E-state index >= 15 is 0 Å². The van der Waals surface area contributed by atoms with Crippen LogP contribution in [0, 0.1) is 0 Å². The van der Waals surface area contributed by atoms with Gasteiger partial charge in [-0.05, 0) is 19.1 Å². The number of anilines is 1. The number of primary amides is 1. The van der Waals surface area contributed by atoms with Gasteiger partial charge in [-0.25, -0.2) is 0 Å². The zero-order chi connectivity index (χ0) is 21.3. The van der Waals surface area contributed by atoms with E-state index in [1.807, 2.05) is 6.92 Å². The van der Waals surface area contributed by atoms with Crippen LogP contribution < -0.4 is 16.2 Å². The number of hydrogen-bond donors (Lipinski definition) is 2. The summed E-state index contributed by atoms with van der Waals surface area (Å²) in [6.45, 7) is 5.85. The topological polar surface area (TPSA) is 104 Å². The molecule has 0 radical (unpaired) electrons. The molecule has 1 aromatic carbocycles. The predicted octanol–water partition coefficient (Wildman–Crippen LogP) is 4.40. The molecule has 3 rings (SSSR count). The summed E-state index contributed by atoms with van der Waals surface area (Å²) in [5, 5.41) is 0.260. The Kier molecular flexibility index (Phi) is 5.47. The fourth-order valence-corrected chi connectivity index (χ4v) is 3.56. The fraction of sp³-hybridized carbons (Fsp3) is 0.211. The zero-order valence-corrected chi connectivity index (χ0v) is 16.2. The molecule has 10 heteroatoms. The first kappa shape index (κ1) is 20.6. The molecule has 0 saturated heterocycles. The standard InChI is InChI=1S/C19H17F3N4O2S/c1-9(2)6-7-28-18-25-14(10-4-3-5-11(8-10)19(20,21)22)12-13(23)15(16(24)27)29-17(12)26-18/h3-5,8H,1,6-7,23H2,2H3,(H2,24,27). The van der Waals surface area contributed by atoms with E-state index in [1.165, 1.54) is 12.1 Å². The Bertz CT molecular complexity index is 1110. The van der Waals surface area contributed by atoms with E-state index in [2.05, 4.69) is 16.5 Å². The summed E-state index contributed by atoms with van der Waals surface area (Å²) in [7, 11) is 0. The highest BCUT2D eigenvalue weighted by Crippen LogP contribution is 2.40. The van der Waals surface area contributed by atoms with E-state index in [4.69, 9.17) is 16.2 Å². The number of aromatic nitrogens is 2. The molecule has 0 fully saturated rings. The maximum absolute atomic E-state index is 13.2. The van der Waals surface area contributed by atoms with Gasteiger partial charge in [-0.1, -0.05) is 17.7 Å². The number of ether oxygens (including phenoxy) is 1. The minimum Gasteiger partial charge on any atom is -0.463 e. The molecule has 2 heterocycles. The second kappa shape index (κ2) is 7.70. The molecule has 0 aliphatic carbocycles. The summed E-state index contributed by atoms with van der Waals surface area (Å²) in [5.41, 5.74) is 11.8. The van der Waals surface area contributed by atoms with Crippen LogP contribution in [0.2, 0.25) is 0 Å². The lowest BCUT2D eigenvalue weighted by Gasteiger charge is -2.11. The lowest BCUT2D eigenvalue weighted by molar-refractivity contribution is -0.137. The van der Waals surface area contributed by atoms with Crippen molar-refractivity contribution in [1.82, 2.24) is 9.97 Å². The molecule has 0 unspecified atom stereocenters. The molecule has 3 aromatic rings. The van der Waals surface area contributed by atoms with Crippen molar-refractivity contribution in [1.29, 1.82) is 0 Å². The third kappa shape index (κ3) is 4.32. The summed E-state index contributed by atoms with van der Waals surface area (Å²) in [5.74, 6) is -0.759. The predicted molar refractivity (Wildman–Crippen MR) is 106 cm³/mol. The third-order valence-electron chi connectivity index (χ3n) is 4.02. The second-order valence-corrected chi connectivity index (χ2v) is 7.38. The minimum atomic E-state index is -4.53. The summed E-state index contributed by atoms with van der Waals surface area (Å²) in [4.78, 5) is 20.5. The lowest BCUT2D eigenvalue weighted by Crippen LogP contribution is -2.10. The number of carbonyl (C=O) groups is 1. The molecule has 0 spiro atoms. The van der Waals surface area contributed by atoms with Crippen LogP contribution in [-0.4, -0.2) is 22.5 Å². The molecule has 29 heavy (non-hydrogen) atoms. The van der Waals surface area contributed by atoms with Crippen molar-refractivity contribution in [3.05, 3.63) is 46.9 Å². The highest BCUT2D eigenvalue weighted by molar-refractivity contribution is 7.21. The van der Waals surface area contributed by atoms with E-state index < -0.39 is 17.6 Å². The molecule has 152 valence electrons. The smallest absolute Gasteiger partial charge is 0.416 e. The van der Waals surface area contributed by atoms with Crippen LogP contribution in [0.25, 0.3) is 21.5 Å². The summed E-state index contributed by atoms with van der Waals surface area (Å²) in [6.07, 6.45) is -3.97. The Labute approximate surface area is 168 Å². The molecule has 0 aliphatic heterocycles. The largest absolute Gasteiger partial charge is 0.463 e. The quantitative estimate of drug-likeness (QED) is 0.573. The first-order chi connectivity index (χ1) is 13.6. The molecule has 0 aliphatic rings. The number of hydrogen-bond acceptors (Lipinski definition) is 6. The van der Waals surface area contributed by atoms with Crippen LogP contribution in [0.1, 0.15) is 28.6 Å². The molecular weight excluding hydrogens is 405 g/mol. The van der Waals surface area contributed by atoms with Crippen LogP contribution in [-0.2, 0) is 6.18 Å². The van der Waals surface area contributed by atoms with E-state index in [9.17, 15) is 18.0 Å². The molecule has 0 saturated carbocycles. The van der Waals surface area contributed by atoms with Gasteiger partial charge in [0, 0.05) is 12.0 Å². The number of benzene rings is 1. The number of thiophene rings is 1. The van der Waals surface area contributed by atoms with Crippen LogP contribution in [0.4, 0.5) is 18.9 Å². The van der Waals surface area contributed by atoms with Gasteiger partial charge in [0.05, 0.1) is 28.9 Å². The Hall–Kier alpha value is -3.14. The molecular formula is C19H17F3N4O2S. The molecule has 1 amide bonds. The number of rotatable bonds is 6. The van der Waals surface area contributed by atoms with Gasteiger partial charge in [-0.3, -0.25) is 4.79 Å². The van der Waals surface area contributed by atoms with Gasteiger partial charge in [0.15, 0.2) is 0 Å². The molecule has 0 bridgehead atoms. The van der Waals surface area contributed by atoms with Gasteiger partial charge in [0.25, 0.3) is 5.91 Å². The summed E-state index contributed by atoms with van der Waals surface area (Å²) < 4.78 is 45.0. The maximum atomic E-state index is 13.2. The number of fused-ring (bicyclic) bond motifs is 1. The van der Waals surface area contributed by atoms with Crippen LogP contribution >= 0.6 is 11.3 Å². The van der Waals surface area contributed by atoms with Gasteiger partial charge in [0.1, 0.15) is 9.71 Å². The number of nitrogen functional groups attached to an aromatic ring is 1. The van der Waals surface area contributed by atoms with Crippen molar-refractivity contribution in [2.24, 2.45) is 5.73 Å². The Morgan fingerprint density at radius 1 is 1.31 bits per heavy atom. The summed E-state index contributed by atoms with van der Waals surface area (Å²) in [6, 6.07) is 4.61. The number of alkyl halides is 3. The van der Waals surface area contributed by atoms with Gasteiger partial charge in [-0.15, -0.1) is 17.9 Å². The van der Waals surface area contributed by atoms with Gasteiger partial charge in [0.2, 0.25) is 0 Å². The van der Waals surface area contributed by atoms with Gasteiger partial charge >= 0.3 is 12.2 Å². The van der Waals surface area contributed by atoms with Crippen molar-refractivity contribution in [2.75, 3.05) is 12.3 Å². The average molecular weight is 422 g/mol. The Balaban J connectivity index is 2.20. The van der Waals surface area contributed by atoms with E-state index in [0.717, 1.165) is 29.0 Å². The normalized spacial score (nSPS) is 11.6. The third-order valence-corrected chi connectivity index (χ3v) is 5.13. The van der Waals surface area contributed by atoms with Crippen molar-refractivity contribution in [2.45, 2.75) is 19.5 Å². The molecule has 0 atom stereocenters. The number of carbonyl (C=O) groups excluding carboxylic acids is 1. The number of amides is 1. The second-order valence-electron chi connectivity index (χ2n) is 6.38. The summed E-state index contributed by atoms with van der Waals surface area (Å²) >= 11 is 0.934. The highest BCUT2D eigenvalue weighted by atomic mass is 32.1. The Morgan fingerprint density at radius 3 is 2.66 bits per heavy atom. The van der Waals surface area contributed by atoms with Crippen molar-refractivity contribution in [3.8, 4) is 17.3 Å². The highest BCUT2D eigenvalue weighted by Gasteiger charge is 2.31. The number of halogens is 3. The molecule has 4 N–H and O–H groups in total. The van der Waals surface area contributed by atoms with Crippen molar-refractivity contribution in [3.63, 3.8) is 0 Å². The van der Waals surface area contributed by atoms with Crippen molar-refractivity contribution < 1.29 is 22.7 Å². The minimum absolute atomic E-state index is 0.0263. The lowest BCUT2D eigenvalue weighted by atomic mass is 10.0. The first-order valence-corrected chi connectivity index (χ1v) is 9.24. The van der Waals surface area contributed by atoms with Gasteiger partial charge in [-0.2, -0.15) is 23.1 Å². The monoisotopic (exact) mass is 422 g/mol. The fourth-order valence-electron chi connectivity index (χ4n) is 2.62. The van der Waals surface area contributed by atoms with E-state index in [1.54, 1.807) is 0 Å². The van der Waals surface area contributed by atoms with E-state index in [0.29, 0.717) is 11.3 Å². The van der Waals surface area contributed by atoms with Crippen LogP contribution in [0.15, 0.2) is 36.4 Å². The SMILES string of the molecule is C=C(C)CCOc1nc(-c2cccc(C(F)(F)F)c2)c2c(N)c(C(N)=O)sc2n1.